The fraction of sp³-hybridized carbons (Fsp3) is 0.125. The Bertz CT molecular complexity index is 769. The van der Waals surface area contributed by atoms with Gasteiger partial charge in [-0.2, -0.15) is 5.10 Å². The molecule has 3 rings (SSSR count). The number of benzene rings is 1. The molecule has 7 heteroatoms. The fourth-order valence-corrected chi connectivity index (χ4v) is 2.64. The number of carbonyl (C=O) groups is 1. The first-order chi connectivity index (χ1) is 11.2. The van der Waals surface area contributed by atoms with Gasteiger partial charge in [0.1, 0.15) is 18.2 Å². The van der Waals surface area contributed by atoms with Crippen molar-refractivity contribution >= 4 is 17.2 Å². The summed E-state index contributed by atoms with van der Waals surface area (Å²) in [5, 5.41) is 11.5. The van der Waals surface area contributed by atoms with E-state index in [-0.39, 0.29) is 11.7 Å². The summed E-state index contributed by atoms with van der Waals surface area (Å²) < 4.78 is 18.2. The van der Waals surface area contributed by atoms with Crippen LogP contribution in [-0.2, 0) is 0 Å². The van der Waals surface area contributed by atoms with Crippen LogP contribution in [0.1, 0.15) is 10.5 Å². The molecule has 0 bridgehead atoms. The van der Waals surface area contributed by atoms with Gasteiger partial charge < -0.3 is 10.1 Å². The van der Waals surface area contributed by atoms with E-state index in [2.05, 4.69) is 15.5 Å². The van der Waals surface area contributed by atoms with Gasteiger partial charge >= 0.3 is 0 Å². The Morgan fingerprint density at radius 3 is 2.87 bits per heavy atom. The van der Waals surface area contributed by atoms with E-state index in [0.717, 1.165) is 10.6 Å². The predicted molar refractivity (Wildman–Crippen MR) is 86.1 cm³/mol. The average Bonchev–Trinajstić information content (AvgIpc) is 3.23. The van der Waals surface area contributed by atoms with Crippen LogP contribution in [0.5, 0.6) is 5.75 Å². The zero-order valence-electron chi connectivity index (χ0n) is 12.1. The largest absolute Gasteiger partial charge is 0.492 e. The van der Waals surface area contributed by atoms with Crippen LogP contribution >= 0.6 is 11.3 Å². The summed E-state index contributed by atoms with van der Waals surface area (Å²) in [6, 6.07) is 11.3. The molecule has 0 radical (unpaired) electrons. The Hall–Kier alpha value is -2.67. The van der Waals surface area contributed by atoms with Crippen LogP contribution in [0.4, 0.5) is 4.39 Å². The van der Waals surface area contributed by atoms with Gasteiger partial charge in [-0.1, -0.05) is 6.07 Å². The number of ether oxygens (including phenoxy) is 1. The Morgan fingerprint density at radius 1 is 1.30 bits per heavy atom. The minimum Gasteiger partial charge on any atom is -0.492 e. The highest BCUT2D eigenvalue weighted by Crippen LogP contribution is 2.22. The van der Waals surface area contributed by atoms with Crippen molar-refractivity contribution in [2.24, 2.45) is 0 Å². The second-order valence-corrected chi connectivity index (χ2v) is 5.65. The third-order valence-electron chi connectivity index (χ3n) is 3.07. The molecule has 0 aliphatic carbocycles. The number of carbonyl (C=O) groups excluding carboxylic acids is 1. The van der Waals surface area contributed by atoms with Gasteiger partial charge in [0.25, 0.3) is 5.91 Å². The van der Waals surface area contributed by atoms with Gasteiger partial charge in [-0.25, -0.2) is 4.39 Å². The monoisotopic (exact) mass is 331 g/mol. The van der Waals surface area contributed by atoms with Crippen LogP contribution in [0.2, 0.25) is 0 Å². The molecule has 0 saturated heterocycles. The van der Waals surface area contributed by atoms with Gasteiger partial charge in [0.15, 0.2) is 5.69 Å². The second-order valence-electron chi connectivity index (χ2n) is 4.70. The molecule has 0 atom stereocenters. The van der Waals surface area contributed by atoms with Crippen molar-refractivity contribution in [1.82, 2.24) is 15.5 Å². The number of aromatic nitrogens is 2. The predicted octanol–water partition coefficient (Wildman–Crippen LogP) is 3.09. The number of thiophene rings is 1. The zero-order chi connectivity index (χ0) is 16.1. The number of aromatic amines is 1. The molecule has 0 aliphatic heterocycles. The molecule has 0 spiro atoms. The molecule has 23 heavy (non-hydrogen) atoms. The van der Waals surface area contributed by atoms with Gasteiger partial charge in [0.2, 0.25) is 0 Å². The van der Waals surface area contributed by atoms with Crippen molar-refractivity contribution in [2.75, 3.05) is 13.2 Å². The van der Waals surface area contributed by atoms with E-state index < -0.39 is 0 Å². The summed E-state index contributed by atoms with van der Waals surface area (Å²) in [6.07, 6.45) is 0. The molecule has 3 aromatic rings. The Kier molecular flexibility index (Phi) is 4.68. The van der Waals surface area contributed by atoms with Crippen LogP contribution in [0, 0.1) is 5.82 Å². The third-order valence-corrected chi connectivity index (χ3v) is 3.97. The molecule has 2 N–H and O–H groups in total. The molecule has 1 amide bonds. The standard InChI is InChI=1S/C16H14FN3O2S/c17-11-3-5-12(6-4-11)22-8-7-18-16(21)14-10-13(19-20-14)15-2-1-9-23-15/h1-6,9-10H,7-8H2,(H,18,21)(H,19,20). The quantitative estimate of drug-likeness (QED) is 0.682. The van der Waals surface area contributed by atoms with E-state index in [1.54, 1.807) is 17.4 Å². The van der Waals surface area contributed by atoms with E-state index in [1.165, 1.54) is 24.3 Å². The SMILES string of the molecule is O=C(NCCOc1ccc(F)cc1)c1cc(-c2cccs2)[nH]n1. The Morgan fingerprint density at radius 2 is 2.13 bits per heavy atom. The molecule has 0 fully saturated rings. The molecule has 2 aromatic heterocycles. The maximum Gasteiger partial charge on any atom is 0.271 e. The summed E-state index contributed by atoms with van der Waals surface area (Å²) >= 11 is 1.57. The maximum absolute atomic E-state index is 12.8. The lowest BCUT2D eigenvalue weighted by Gasteiger charge is -2.06. The highest BCUT2D eigenvalue weighted by Gasteiger charge is 2.11. The van der Waals surface area contributed by atoms with Crippen molar-refractivity contribution in [2.45, 2.75) is 0 Å². The lowest BCUT2D eigenvalue weighted by atomic mass is 10.3. The highest BCUT2D eigenvalue weighted by atomic mass is 32.1. The highest BCUT2D eigenvalue weighted by molar-refractivity contribution is 7.13. The van der Waals surface area contributed by atoms with E-state index >= 15 is 0 Å². The second kappa shape index (κ2) is 7.06. The van der Waals surface area contributed by atoms with Gasteiger partial charge in [-0.3, -0.25) is 9.89 Å². The number of hydrogen-bond acceptors (Lipinski definition) is 4. The average molecular weight is 331 g/mol. The minimum atomic E-state index is -0.314. The smallest absolute Gasteiger partial charge is 0.271 e. The normalized spacial score (nSPS) is 10.5. The van der Waals surface area contributed by atoms with Crippen LogP contribution in [0.15, 0.2) is 47.8 Å². The number of nitrogens with zero attached hydrogens (tertiary/aromatic N) is 1. The summed E-state index contributed by atoms with van der Waals surface area (Å²) in [6.45, 7) is 0.622. The van der Waals surface area contributed by atoms with Gasteiger partial charge in [0, 0.05) is 0 Å². The first kappa shape index (κ1) is 15.2. The van der Waals surface area contributed by atoms with Crippen molar-refractivity contribution < 1.29 is 13.9 Å². The van der Waals surface area contributed by atoms with E-state index in [4.69, 9.17) is 4.74 Å². The number of nitrogens with one attached hydrogen (secondary N) is 2. The molecular formula is C16H14FN3O2S. The minimum absolute atomic E-state index is 0.272. The topological polar surface area (TPSA) is 67.0 Å². The Labute approximate surface area is 136 Å². The number of rotatable bonds is 6. The first-order valence-electron chi connectivity index (χ1n) is 6.98. The van der Waals surface area contributed by atoms with Crippen LogP contribution in [0.3, 0.4) is 0 Å². The summed E-state index contributed by atoms with van der Waals surface area (Å²) in [5.41, 5.74) is 1.14. The number of H-pyrrole nitrogens is 1. The lowest BCUT2D eigenvalue weighted by Crippen LogP contribution is -2.28. The Balaban J connectivity index is 1.47. The van der Waals surface area contributed by atoms with Crippen LogP contribution < -0.4 is 10.1 Å². The van der Waals surface area contributed by atoms with E-state index in [1.807, 2.05) is 17.5 Å². The molecule has 1 aromatic carbocycles. The first-order valence-corrected chi connectivity index (χ1v) is 7.86. The fourth-order valence-electron chi connectivity index (χ4n) is 1.95. The van der Waals surface area contributed by atoms with Gasteiger partial charge in [-0.15, -0.1) is 11.3 Å². The molecule has 5 nitrogen and oxygen atoms in total. The molecular weight excluding hydrogens is 317 g/mol. The zero-order valence-corrected chi connectivity index (χ0v) is 12.9. The molecule has 2 heterocycles. The van der Waals surface area contributed by atoms with Gasteiger partial charge in [0.05, 0.1) is 17.1 Å². The summed E-state index contributed by atoms with van der Waals surface area (Å²) in [7, 11) is 0. The molecule has 0 saturated carbocycles. The molecule has 0 unspecified atom stereocenters. The molecule has 118 valence electrons. The van der Waals surface area contributed by atoms with Crippen molar-refractivity contribution in [3.8, 4) is 16.3 Å². The third kappa shape index (κ3) is 3.95. The van der Waals surface area contributed by atoms with Crippen molar-refractivity contribution in [3.05, 3.63) is 59.4 Å². The van der Waals surface area contributed by atoms with Crippen LogP contribution in [0.25, 0.3) is 10.6 Å². The maximum atomic E-state index is 12.8. The van der Waals surface area contributed by atoms with Gasteiger partial charge in [-0.05, 0) is 41.8 Å². The summed E-state index contributed by atoms with van der Waals surface area (Å²) in [5.74, 6) is -0.0297. The summed E-state index contributed by atoms with van der Waals surface area (Å²) in [4.78, 5) is 13.0. The van der Waals surface area contributed by atoms with Crippen molar-refractivity contribution in [3.63, 3.8) is 0 Å². The van der Waals surface area contributed by atoms with Crippen molar-refractivity contribution in [1.29, 1.82) is 0 Å². The lowest BCUT2D eigenvalue weighted by molar-refractivity contribution is 0.0942. The molecule has 0 aliphatic rings. The van der Waals surface area contributed by atoms with E-state index in [0.29, 0.717) is 24.6 Å². The number of hydrogen-bond donors (Lipinski definition) is 2. The number of halogens is 1. The van der Waals surface area contributed by atoms with Crippen LogP contribution in [-0.4, -0.2) is 29.3 Å². The van der Waals surface area contributed by atoms with E-state index in [9.17, 15) is 9.18 Å². The number of amides is 1.